The molecule has 1 aromatic heterocycles. The van der Waals surface area contributed by atoms with Gasteiger partial charge in [0.15, 0.2) is 5.75 Å². The second-order valence-electron chi connectivity index (χ2n) is 8.62. The normalized spacial score (nSPS) is 17.8. The van der Waals surface area contributed by atoms with Gasteiger partial charge in [0.05, 0.1) is 17.4 Å². The van der Waals surface area contributed by atoms with Gasteiger partial charge >= 0.3 is 0 Å². The molecule has 2 heterocycles. The average Bonchev–Trinajstić information content (AvgIpc) is 2.64. The van der Waals surface area contributed by atoms with E-state index in [4.69, 9.17) is 10.5 Å². The van der Waals surface area contributed by atoms with Gasteiger partial charge in [0.1, 0.15) is 11.6 Å². The molecule has 154 valence electrons. The predicted octanol–water partition coefficient (Wildman–Crippen LogP) is 3.42. The van der Waals surface area contributed by atoms with Crippen LogP contribution in [-0.2, 0) is 0 Å². The number of hydrogen-bond donors (Lipinski definition) is 1. The van der Waals surface area contributed by atoms with Crippen LogP contribution in [0.2, 0.25) is 0 Å². The average molecular weight is 398 g/mol. The highest BCUT2D eigenvalue weighted by atomic mass is 19.1. The predicted molar refractivity (Wildman–Crippen MR) is 110 cm³/mol. The van der Waals surface area contributed by atoms with E-state index in [-0.39, 0.29) is 17.5 Å². The summed E-state index contributed by atoms with van der Waals surface area (Å²) in [7, 11) is 1.69. The number of benzene rings is 1. The standard InChI is InChI=1S/C22H27FN4O2/c1-14(2)26(3)21(28)17-8-15(23)4-5-19(17)29-20-11-25-7-6-18(20)27-12-22(13-27)9-16(24)10-22/h4-8,11,14,16H,9-10,12-13,24H2,1-3H3. The van der Waals surface area contributed by atoms with E-state index < -0.39 is 5.82 Å². The SMILES string of the molecule is CC(C)N(C)C(=O)c1cc(F)ccc1Oc1cnccc1N1CC2(CC(N)C2)C1. The Kier molecular flexibility index (Phi) is 4.94. The Hall–Kier alpha value is -2.67. The molecular formula is C22H27FN4O2. The molecule has 0 bridgehead atoms. The molecule has 2 aliphatic rings. The van der Waals surface area contributed by atoms with Crippen molar-refractivity contribution >= 4 is 11.6 Å². The van der Waals surface area contributed by atoms with Crippen molar-refractivity contribution in [3.63, 3.8) is 0 Å². The lowest BCUT2D eigenvalue weighted by atomic mass is 9.61. The quantitative estimate of drug-likeness (QED) is 0.836. The fraction of sp³-hybridized carbons (Fsp3) is 0.455. The number of nitrogens with zero attached hydrogens (tertiary/aromatic N) is 3. The number of pyridine rings is 1. The molecule has 1 aliphatic carbocycles. The van der Waals surface area contributed by atoms with Crippen molar-refractivity contribution in [1.82, 2.24) is 9.88 Å². The molecular weight excluding hydrogens is 371 g/mol. The molecule has 6 nitrogen and oxygen atoms in total. The number of halogens is 1. The van der Waals surface area contributed by atoms with Crippen LogP contribution in [0, 0.1) is 11.2 Å². The lowest BCUT2D eigenvalue weighted by molar-refractivity contribution is 0.0662. The number of ether oxygens (including phenoxy) is 1. The highest BCUT2D eigenvalue weighted by molar-refractivity contribution is 5.97. The van der Waals surface area contributed by atoms with Crippen LogP contribution < -0.4 is 15.4 Å². The minimum atomic E-state index is -0.477. The minimum absolute atomic E-state index is 0.0151. The first-order valence-electron chi connectivity index (χ1n) is 9.97. The van der Waals surface area contributed by atoms with Crippen LogP contribution >= 0.6 is 0 Å². The van der Waals surface area contributed by atoms with E-state index in [0.29, 0.717) is 23.0 Å². The van der Waals surface area contributed by atoms with E-state index in [0.717, 1.165) is 31.6 Å². The molecule has 1 spiro atoms. The summed E-state index contributed by atoms with van der Waals surface area (Å²) in [4.78, 5) is 20.8. The van der Waals surface area contributed by atoms with Gasteiger partial charge in [-0.15, -0.1) is 0 Å². The molecule has 4 rings (SSSR count). The molecule has 1 saturated heterocycles. The molecule has 0 radical (unpaired) electrons. The van der Waals surface area contributed by atoms with E-state index in [1.807, 2.05) is 19.9 Å². The van der Waals surface area contributed by atoms with E-state index in [2.05, 4.69) is 9.88 Å². The second-order valence-corrected chi connectivity index (χ2v) is 8.62. The fourth-order valence-electron chi connectivity index (χ4n) is 4.26. The number of nitrogens with two attached hydrogens (primary N) is 1. The largest absolute Gasteiger partial charge is 0.453 e. The number of aromatic nitrogens is 1. The molecule has 0 atom stereocenters. The van der Waals surface area contributed by atoms with Crippen molar-refractivity contribution in [3.05, 3.63) is 48.0 Å². The van der Waals surface area contributed by atoms with Crippen molar-refractivity contribution in [3.8, 4) is 11.5 Å². The van der Waals surface area contributed by atoms with Gasteiger partial charge in [-0.1, -0.05) is 0 Å². The van der Waals surface area contributed by atoms with Crippen molar-refractivity contribution in [2.24, 2.45) is 11.1 Å². The molecule has 1 saturated carbocycles. The molecule has 29 heavy (non-hydrogen) atoms. The Labute approximate surface area is 170 Å². The number of rotatable bonds is 5. The topological polar surface area (TPSA) is 71.7 Å². The van der Waals surface area contributed by atoms with E-state index in [1.54, 1.807) is 24.3 Å². The van der Waals surface area contributed by atoms with Gasteiger partial charge in [-0.2, -0.15) is 0 Å². The zero-order valence-corrected chi connectivity index (χ0v) is 17.1. The monoisotopic (exact) mass is 398 g/mol. The van der Waals surface area contributed by atoms with Gasteiger partial charge in [0.2, 0.25) is 0 Å². The third-order valence-electron chi connectivity index (χ3n) is 6.03. The zero-order chi connectivity index (χ0) is 20.8. The van der Waals surface area contributed by atoms with Gasteiger partial charge in [-0.05, 0) is 51.0 Å². The van der Waals surface area contributed by atoms with Gasteiger partial charge in [-0.25, -0.2) is 4.39 Å². The molecule has 1 amide bonds. The smallest absolute Gasteiger partial charge is 0.257 e. The summed E-state index contributed by atoms with van der Waals surface area (Å²) in [6, 6.07) is 6.23. The van der Waals surface area contributed by atoms with Crippen molar-refractivity contribution < 1.29 is 13.9 Å². The molecule has 1 aromatic carbocycles. The molecule has 7 heteroatoms. The second kappa shape index (κ2) is 7.30. The van der Waals surface area contributed by atoms with Crippen LogP contribution in [0.3, 0.4) is 0 Å². The van der Waals surface area contributed by atoms with Gasteiger partial charge in [0, 0.05) is 43.8 Å². The summed E-state index contributed by atoms with van der Waals surface area (Å²) in [6.07, 6.45) is 5.48. The molecule has 0 unspecified atom stereocenters. The number of carbonyl (C=O) groups is 1. The Morgan fingerprint density at radius 2 is 2.03 bits per heavy atom. The highest BCUT2D eigenvalue weighted by Crippen LogP contribution is 2.50. The zero-order valence-electron chi connectivity index (χ0n) is 17.1. The van der Waals surface area contributed by atoms with E-state index in [9.17, 15) is 9.18 Å². The Bertz CT molecular complexity index is 919. The van der Waals surface area contributed by atoms with Crippen LogP contribution in [0.15, 0.2) is 36.7 Å². The summed E-state index contributed by atoms with van der Waals surface area (Å²) in [5.74, 6) is 0.111. The number of anilines is 1. The van der Waals surface area contributed by atoms with Crippen LogP contribution in [0.4, 0.5) is 10.1 Å². The molecule has 2 N–H and O–H groups in total. The maximum atomic E-state index is 13.9. The maximum absolute atomic E-state index is 13.9. The van der Waals surface area contributed by atoms with Crippen molar-refractivity contribution in [2.45, 2.75) is 38.8 Å². The summed E-state index contributed by atoms with van der Waals surface area (Å²) in [5.41, 5.74) is 7.41. The third-order valence-corrected chi connectivity index (χ3v) is 6.03. The molecule has 2 aromatic rings. The van der Waals surface area contributed by atoms with Crippen molar-refractivity contribution in [1.29, 1.82) is 0 Å². The number of hydrogen-bond acceptors (Lipinski definition) is 5. The molecule has 2 fully saturated rings. The summed E-state index contributed by atoms with van der Waals surface area (Å²) >= 11 is 0. The summed E-state index contributed by atoms with van der Waals surface area (Å²) in [5, 5.41) is 0. The van der Waals surface area contributed by atoms with Gasteiger partial charge < -0.3 is 20.3 Å². The Morgan fingerprint density at radius 1 is 1.31 bits per heavy atom. The van der Waals surface area contributed by atoms with Gasteiger partial charge in [-0.3, -0.25) is 9.78 Å². The lowest BCUT2D eigenvalue weighted by Crippen LogP contribution is -2.65. The third kappa shape index (κ3) is 3.67. The first kappa shape index (κ1) is 19.6. The first-order chi connectivity index (χ1) is 13.8. The highest BCUT2D eigenvalue weighted by Gasteiger charge is 2.51. The maximum Gasteiger partial charge on any atom is 0.257 e. The first-order valence-corrected chi connectivity index (χ1v) is 9.97. The molecule has 1 aliphatic heterocycles. The number of carbonyl (C=O) groups excluding carboxylic acids is 1. The Morgan fingerprint density at radius 3 is 2.69 bits per heavy atom. The van der Waals surface area contributed by atoms with Crippen molar-refractivity contribution in [2.75, 3.05) is 25.0 Å². The summed E-state index contributed by atoms with van der Waals surface area (Å²) in [6.45, 7) is 5.69. The van der Waals surface area contributed by atoms with Crippen LogP contribution in [0.1, 0.15) is 37.0 Å². The minimum Gasteiger partial charge on any atom is -0.453 e. The van der Waals surface area contributed by atoms with Crippen LogP contribution in [0.5, 0.6) is 11.5 Å². The van der Waals surface area contributed by atoms with E-state index >= 15 is 0 Å². The Balaban J connectivity index is 1.58. The summed E-state index contributed by atoms with van der Waals surface area (Å²) < 4.78 is 20.0. The van der Waals surface area contributed by atoms with Crippen LogP contribution in [-0.4, -0.2) is 48.0 Å². The fourth-order valence-corrected chi connectivity index (χ4v) is 4.26. The van der Waals surface area contributed by atoms with E-state index in [1.165, 1.54) is 18.2 Å². The number of amides is 1. The van der Waals surface area contributed by atoms with Gasteiger partial charge in [0.25, 0.3) is 5.91 Å². The lowest BCUT2D eigenvalue weighted by Gasteiger charge is -2.59. The van der Waals surface area contributed by atoms with Crippen LogP contribution in [0.25, 0.3) is 0 Å².